The van der Waals surface area contributed by atoms with Crippen LogP contribution in [0.2, 0.25) is 0 Å². The predicted molar refractivity (Wildman–Crippen MR) is 66.3 cm³/mol. The van der Waals surface area contributed by atoms with Crippen molar-refractivity contribution in [2.75, 3.05) is 11.4 Å². The summed E-state index contributed by atoms with van der Waals surface area (Å²) in [5.74, 6) is -0.518. The van der Waals surface area contributed by atoms with Crippen molar-refractivity contribution >= 4 is 33.6 Å². The van der Waals surface area contributed by atoms with Gasteiger partial charge in [-0.15, -0.1) is 0 Å². The van der Waals surface area contributed by atoms with E-state index in [-0.39, 0.29) is 24.4 Å². The van der Waals surface area contributed by atoms with Gasteiger partial charge in [-0.05, 0) is 18.2 Å². The van der Waals surface area contributed by atoms with Crippen LogP contribution in [0.5, 0.6) is 5.75 Å². The number of ether oxygens (including phenoxy) is 1. The Bertz CT molecular complexity index is 525. The van der Waals surface area contributed by atoms with E-state index >= 15 is 0 Å². The largest absolute Gasteiger partial charge is 0.433 e. The molecule has 0 saturated carbocycles. The molecule has 0 aliphatic carbocycles. The minimum atomic E-state index is -2.99. The Morgan fingerprint density at radius 3 is 2.74 bits per heavy atom. The zero-order chi connectivity index (χ0) is 14.0. The van der Waals surface area contributed by atoms with Crippen molar-refractivity contribution < 1.29 is 23.1 Å². The van der Waals surface area contributed by atoms with Gasteiger partial charge in [0, 0.05) is 17.4 Å². The molecular formula is C11H9BrF2N2O3. The van der Waals surface area contributed by atoms with Crippen LogP contribution >= 0.6 is 15.9 Å². The van der Waals surface area contributed by atoms with Crippen molar-refractivity contribution in [3.05, 3.63) is 22.7 Å². The average Bonchev–Trinajstić information content (AvgIpc) is 2.31. The van der Waals surface area contributed by atoms with Gasteiger partial charge in [0.15, 0.2) is 0 Å². The second-order valence-electron chi connectivity index (χ2n) is 3.75. The summed E-state index contributed by atoms with van der Waals surface area (Å²) in [6.45, 7) is -2.88. The van der Waals surface area contributed by atoms with E-state index in [9.17, 15) is 18.4 Å². The molecule has 19 heavy (non-hydrogen) atoms. The van der Waals surface area contributed by atoms with Gasteiger partial charge in [0.2, 0.25) is 5.91 Å². The van der Waals surface area contributed by atoms with Crippen LogP contribution < -0.4 is 15.0 Å². The molecule has 8 heteroatoms. The summed E-state index contributed by atoms with van der Waals surface area (Å²) < 4.78 is 29.6. The zero-order valence-corrected chi connectivity index (χ0v) is 11.1. The summed E-state index contributed by atoms with van der Waals surface area (Å²) in [5, 5.41) is 2.12. The Balaban J connectivity index is 2.34. The molecule has 1 heterocycles. The van der Waals surface area contributed by atoms with E-state index in [0.717, 1.165) is 0 Å². The van der Waals surface area contributed by atoms with Gasteiger partial charge in [0.1, 0.15) is 5.75 Å². The highest BCUT2D eigenvalue weighted by Gasteiger charge is 2.27. The van der Waals surface area contributed by atoms with Crippen LogP contribution in [0.3, 0.4) is 0 Å². The van der Waals surface area contributed by atoms with Crippen molar-refractivity contribution in [2.24, 2.45) is 0 Å². The van der Waals surface area contributed by atoms with E-state index in [0.29, 0.717) is 4.47 Å². The number of carbonyl (C=O) groups excluding carboxylic acids is 2. The van der Waals surface area contributed by atoms with Crippen LogP contribution in [0.1, 0.15) is 6.42 Å². The molecule has 0 aromatic heterocycles. The normalized spacial score (nSPS) is 15.7. The number of hydrogen-bond acceptors (Lipinski definition) is 3. The Morgan fingerprint density at radius 2 is 2.11 bits per heavy atom. The molecule has 0 radical (unpaired) electrons. The summed E-state index contributed by atoms with van der Waals surface area (Å²) >= 11 is 3.19. The molecule has 1 N–H and O–H groups in total. The molecule has 102 valence electrons. The van der Waals surface area contributed by atoms with Crippen molar-refractivity contribution in [2.45, 2.75) is 13.0 Å². The Kier molecular flexibility index (Phi) is 3.98. The topological polar surface area (TPSA) is 58.6 Å². The first kappa shape index (κ1) is 13.7. The Hall–Kier alpha value is -1.70. The molecule has 1 aliphatic heterocycles. The maximum absolute atomic E-state index is 12.3. The van der Waals surface area contributed by atoms with Gasteiger partial charge < -0.3 is 4.74 Å². The molecule has 1 saturated heterocycles. The highest BCUT2D eigenvalue weighted by Crippen LogP contribution is 2.33. The third-order valence-electron chi connectivity index (χ3n) is 2.48. The van der Waals surface area contributed by atoms with Gasteiger partial charge in [-0.2, -0.15) is 8.78 Å². The molecule has 1 aromatic carbocycles. The van der Waals surface area contributed by atoms with Crippen LogP contribution in [0.15, 0.2) is 22.7 Å². The molecule has 1 aromatic rings. The fraction of sp³-hybridized carbons (Fsp3) is 0.273. The number of nitrogens with zero attached hydrogens (tertiary/aromatic N) is 1. The van der Waals surface area contributed by atoms with Crippen LogP contribution in [-0.4, -0.2) is 25.1 Å². The molecule has 1 fully saturated rings. The summed E-state index contributed by atoms with van der Waals surface area (Å²) in [6, 6.07) is 3.67. The Labute approximate surface area is 115 Å². The quantitative estimate of drug-likeness (QED) is 0.923. The Morgan fingerprint density at radius 1 is 1.37 bits per heavy atom. The number of amides is 3. The molecular weight excluding hydrogens is 326 g/mol. The third-order valence-corrected chi connectivity index (χ3v) is 2.98. The maximum Gasteiger partial charge on any atom is 0.387 e. The highest BCUT2D eigenvalue weighted by atomic mass is 79.9. The van der Waals surface area contributed by atoms with E-state index in [1.54, 1.807) is 0 Å². The summed E-state index contributed by atoms with van der Waals surface area (Å²) in [6.07, 6.45) is 0.104. The van der Waals surface area contributed by atoms with E-state index in [2.05, 4.69) is 26.0 Å². The summed E-state index contributed by atoms with van der Waals surface area (Å²) in [5.41, 5.74) is 0.180. The number of alkyl halides is 2. The smallest absolute Gasteiger partial charge is 0.387 e. The first-order valence-electron chi connectivity index (χ1n) is 5.33. The molecule has 0 atom stereocenters. The molecule has 3 amide bonds. The SMILES string of the molecule is O=C1CCN(c2cc(Br)ccc2OC(F)F)C(=O)N1. The number of halogens is 3. The predicted octanol–water partition coefficient (Wildman–Crippen LogP) is 2.50. The van der Waals surface area contributed by atoms with Crippen molar-refractivity contribution in [3.8, 4) is 5.75 Å². The lowest BCUT2D eigenvalue weighted by atomic mass is 10.2. The van der Waals surface area contributed by atoms with Crippen LogP contribution in [-0.2, 0) is 4.79 Å². The molecule has 1 aliphatic rings. The first-order chi connectivity index (χ1) is 8.97. The van der Waals surface area contributed by atoms with Gasteiger partial charge in [0.25, 0.3) is 0 Å². The van der Waals surface area contributed by atoms with E-state index in [1.165, 1.54) is 23.1 Å². The second kappa shape index (κ2) is 5.52. The van der Waals surface area contributed by atoms with Gasteiger partial charge in [0.05, 0.1) is 5.69 Å². The maximum atomic E-state index is 12.3. The number of hydrogen-bond donors (Lipinski definition) is 1. The lowest BCUT2D eigenvalue weighted by molar-refractivity contribution is -0.120. The molecule has 5 nitrogen and oxygen atoms in total. The summed E-state index contributed by atoms with van der Waals surface area (Å²) in [7, 11) is 0. The fourth-order valence-electron chi connectivity index (χ4n) is 1.69. The lowest BCUT2D eigenvalue weighted by Crippen LogP contribution is -2.49. The van der Waals surface area contributed by atoms with E-state index in [4.69, 9.17) is 0 Å². The number of rotatable bonds is 3. The van der Waals surface area contributed by atoms with E-state index < -0.39 is 18.5 Å². The minimum Gasteiger partial charge on any atom is -0.433 e. The van der Waals surface area contributed by atoms with Gasteiger partial charge >= 0.3 is 12.6 Å². The number of carbonyl (C=O) groups is 2. The fourth-order valence-corrected chi connectivity index (χ4v) is 2.04. The summed E-state index contributed by atoms with van der Waals surface area (Å²) in [4.78, 5) is 23.9. The number of benzene rings is 1. The standard InChI is InChI=1S/C11H9BrF2N2O3/c12-6-1-2-8(19-10(13)14)7(5-6)16-4-3-9(17)15-11(16)18/h1-2,5,10H,3-4H2,(H,15,17,18). The third kappa shape index (κ3) is 3.19. The first-order valence-corrected chi connectivity index (χ1v) is 6.12. The van der Waals surface area contributed by atoms with E-state index in [1.807, 2.05) is 0 Å². The monoisotopic (exact) mass is 334 g/mol. The minimum absolute atomic E-state index is 0.104. The highest BCUT2D eigenvalue weighted by molar-refractivity contribution is 9.10. The van der Waals surface area contributed by atoms with Crippen molar-refractivity contribution in [3.63, 3.8) is 0 Å². The average molecular weight is 335 g/mol. The van der Waals surface area contributed by atoms with Gasteiger partial charge in [-0.25, -0.2) is 4.79 Å². The number of nitrogens with one attached hydrogen (secondary N) is 1. The van der Waals surface area contributed by atoms with Crippen LogP contribution in [0, 0.1) is 0 Å². The second-order valence-corrected chi connectivity index (χ2v) is 4.66. The molecule has 2 rings (SSSR count). The zero-order valence-electron chi connectivity index (χ0n) is 9.53. The van der Waals surface area contributed by atoms with Crippen molar-refractivity contribution in [1.29, 1.82) is 0 Å². The van der Waals surface area contributed by atoms with Crippen molar-refractivity contribution in [1.82, 2.24) is 5.32 Å². The molecule has 0 bridgehead atoms. The number of imide groups is 1. The van der Waals surface area contributed by atoms with Gasteiger partial charge in [-0.1, -0.05) is 15.9 Å². The van der Waals surface area contributed by atoms with Crippen LogP contribution in [0.25, 0.3) is 0 Å². The lowest BCUT2D eigenvalue weighted by Gasteiger charge is -2.28. The number of urea groups is 1. The molecule has 0 unspecified atom stereocenters. The number of anilines is 1. The molecule has 0 spiro atoms. The van der Waals surface area contributed by atoms with Crippen LogP contribution in [0.4, 0.5) is 19.3 Å². The van der Waals surface area contributed by atoms with Gasteiger partial charge in [-0.3, -0.25) is 15.0 Å².